The van der Waals surface area contributed by atoms with Gasteiger partial charge in [0, 0.05) is 13.0 Å². The van der Waals surface area contributed by atoms with Crippen molar-refractivity contribution < 1.29 is 23.5 Å². The average Bonchev–Trinajstić information content (AvgIpc) is 2.53. The van der Waals surface area contributed by atoms with E-state index in [0.29, 0.717) is 13.2 Å². The molecule has 1 aliphatic heterocycles. The van der Waals surface area contributed by atoms with E-state index in [1.54, 1.807) is 0 Å². The van der Waals surface area contributed by atoms with E-state index in [0.717, 1.165) is 6.08 Å². The molecule has 0 aliphatic carbocycles. The van der Waals surface area contributed by atoms with Gasteiger partial charge in [0.1, 0.15) is 13.2 Å². The molecule has 0 saturated carbocycles. The summed E-state index contributed by atoms with van der Waals surface area (Å²) >= 11 is 0. The molecule has 1 N–H and O–H groups in total. The van der Waals surface area contributed by atoms with Gasteiger partial charge < -0.3 is 4.74 Å². The average molecular weight is 207 g/mol. The van der Waals surface area contributed by atoms with Gasteiger partial charge >= 0.3 is 13.9 Å². The van der Waals surface area contributed by atoms with E-state index in [1.807, 2.05) is 0 Å². The first-order valence-corrected chi connectivity index (χ1v) is 5.47. The van der Waals surface area contributed by atoms with Gasteiger partial charge in [0.15, 0.2) is 0 Å². The second kappa shape index (κ2) is 4.15. The van der Waals surface area contributed by atoms with Crippen molar-refractivity contribution in [3.8, 4) is 0 Å². The minimum absolute atomic E-state index is 0.334. The van der Waals surface area contributed by atoms with Crippen LogP contribution in [0.2, 0.25) is 0 Å². The quantitative estimate of drug-likeness (QED) is 0.422. The normalized spacial score (nSPS) is 22.3. The van der Waals surface area contributed by atoms with Crippen molar-refractivity contribution in [2.24, 2.45) is 0 Å². The van der Waals surface area contributed by atoms with Crippen LogP contribution in [0.15, 0.2) is 12.7 Å². The topological polar surface area (TPSA) is 65.0 Å². The molecule has 0 aromatic rings. The van der Waals surface area contributed by atoms with Crippen LogP contribution in [0.25, 0.3) is 0 Å². The van der Waals surface area contributed by atoms with Crippen LogP contribution >= 0.6 is 7.94 Å². The van der Waals surface area contributed by atoms with Crippen molar-refractivity contribution in [3.63, 3.8) is 0 Å². The first-order valence-electron chi connectivity index (χ1n) is 3.82. The second-order valence-electron chi connectivity index (χ2n) is 2.47. The molecule has 1 saturated heterocycles. The molecule has 1 fully saturated rings. The monoisotopic (exact) mass is 207 g/mol. The van der Waals surface area contributed by atoms with Crippen LogP contribution in [0.4, 0.5) is 0 Å². The molecule has 13 heavy (non-hydrogen) atoms. The van der Waals surface area contributed by atoms with Gasteiger partial charge in [0.2, 0.25) is 0 Å². The third kappa shape index (κ3) is 2.48. The van der Waals surface area contributed by atoms with E-state index in [-0.39, 0.29) is 0 Å². The van der Waals surface area contributed by atoms with Crippen molar-refractivity contribution in [3.05, 3.63) is 12.7 Å². The van der Waals surface area contributed by atoms with E-state index in [2.05, 4.69) is 6.58 Å². The predicted octanol–water partition coefficient (Wildman–Crippen LogP) is 0.863. The summed E-state index contributed by atoms with van der Waals surface area (Å²) in [6, 6.07) is 0. The lowest BCUT2D eigenvalue weighted by atomic mass is 10.6. The van der Waals surface area contributed by atoms with Gasteiger partial charge in [-0.05, 0) is 0 Å². The summed E-state index contributed by atoms with van der Waals surface area (Å²) in [6.07, 6.45) is 1.03. The Hall–Kier alpha value is -0.480. The maximum absolute atomic E-state index is 10.8. The highest BCUT2D eigenvalue weighted by molar-refractivity contribution is 7.61. The molecule has 1 heterocycles. The predicted molar refractivity (Wildman–Crippen MR) is 46.8 cm³/mol. The Morgan fingerprint density at radius 1 is 1.69 bits per heavy atom. The van der Waals surface area contributed by atoms with E-state index >= 15 is 0 Å². The maximum atomic E-state index is 10.8. The highest BCUT2D eigenvalue weighted by Gasteiger charge is 2.54. The van der Waals surface area contributed by atoms with Crippen molar-refractivity contribution in [1.29, 1.82) is 0 Å². The molecule has 0 amide bonds. The fourth-order valence-corrected chi connectivity index (χ4v) is 2.27. The number of hydrogen-bond donors (Lipinski definition) is 1. The van der Waals surface area contributed by atoms with Gasteiger partial charge in [-0.25, -0.2) is 4.79 Å². The van der Waals surface area contributed by atoms with Gasteiger partial charge in [-0.3, -0.25) is 0 Å². The number of carbonyl (C=O) groups is 1. The van der Waals surface area contributed by atoms with E-state index in [1.165, 1.54) is 6.92 Å². The van der Waals surface area contributed by atoms with Crippen LogP contribution in [0.3, 0.4) is 0 Å². The summed E-state index contributed by atoms with van der Waals surface area (Å²) in [5, 5.41) is 0. The summed E-state index contributed by atoms with van der Waals surface area (Å²) in [5.74, 6) is -1.36. The second-order valence-corrected chi connectivity index (χ2v) is 4.84. The third-order valence-corrected chi connectivity index (χ3v) is 3.68. The Bertz CT molecular complexity index is 211. The molecule has 0 aromatic carbocycles. The standard InChI is InChI=1S/C7H12O5P/c1-3-7(8)12-6(2)13(9)10-4-5-11-13/h3,6,9H,1,4-5H2,2H3/q+1. The lowest BCUT2D eigenvalue weighted by molar-refractivity contribution is -0.139. The Kier molecular flexibility index (Phi) is 3.39. The van der Waals surface area contributed by atoms with Crippen LogP contribution in [0, 0.1) is 0 Å². The lowest BCUT2D eigenvalue weighted by Gasteiger charge is -2.15. The summed E-state index contributed by atoms with van der Waals surface area (Å²) < 4.78 is 14.7. The number of ether oxygens (including phenoxy) is 1. The minimum Gasteiger partial charge on any atom is -0.416 e. The van der Waals surface area contributed by atoms with Crippen molar-refractivity contribution in [1.82, 2.24) is 0 Å². The van der Waals surface area contributed by atoms with Gasteiger partial charge in [-0.15, -0.1) is 0 Å². The summed E-state index contributed by atoms with van der Waals surface area (Å²) in [4.78, 5) is 20.4. The van der Waals surface area contributed by atoms with Gasteiger partial charge in [-0.2, -0.15) is 13.9 Å². The Labute approximate surface area is 76.9 Å². The molecule has 1 rings (SSSR count). The minimum atomic E-state index is -2.97. The van der Waals surface area contributed by atoms with Gasteiger partial charge in [0.05, 0.1) is 0 Å². The smallest absolute Gasteiger partial charge is 0.416 e. The molecule has 0 spiro atoms. The molecule has 0 bridgehead atoms. The largest absolute Gasteiger partial charge is 0.452 e. The van der Waals surface area contributed by atoms with Gasteiger partial charge in [0.25, 0.3) is 5.85 Å². The SMILES string of the molecule is C=CC(=O)OC(C)[P+]1(O)OCCO1. The van der Waals surface area contributed by atoms with E-state index in [9.17, 15) is 9.69 Å². The first kappa shape index (κ1) is 10.6. The van der Waals surface area contributed by atoms with Crippen molar-refractivity contribution in [2.45, 2.75) is 12.8 Å². The third-order valence-electron chi connectivity index (χ3n) is 1.55. The van der Waals surface area contributed by atoms with Crippen molar-refractivity contribution >= 4 is 13.9 Å². The lowest BCUT2D eigenvalue weighted by Crippen LogP contribution is -2.17. The Morgan fingerprint density at radius 2 is 2.23 bits per heavy atom. The van der Waals surface area contributed by atoms with Crippen LogP contribution in [-0.2, 0) is 18.6 Å². The molecule has 74 valence electrons. The number of rotatable bonds is 3. The molecular weight excluding hydrogens is 195 g/mol. The van der Waals surface area contributed by atoms with Gasteiger partial charge in [-0.1, -0.05) is 6.58 Å². The zero-order chi connectivity index (χ0) is 9.90. The van der Waals surface area contributed by atoms with Crippen LogP contribution < -0.4 is 0 Å². The fraction of sp³-hybridized carbons (Fsp3) is 0.571. The fourth-order valence-electron chi connectivity index (χ4n) is 0.866. The molecule has 5 nitrogen and oxygen atoms in total. The highest BCUT2D eigenvalue weighted by atomic mass is 31.2. The molecular formula is C7H12O5P+. The van der Waals surface area contributed by atoms with Crippen LogP contribution in [0.1, 0.15) is 6.92 Å². The molecule has 1 unspecified atom stereocenters. The van der Waals surface area contributed by atoms with E-state index in [4.69, 9.17) is 13.8 Å². The molecule has 1 aliphatic rings. The summed E-state index contributed by atoms with van der Waals surface area (Å²) in [7, 11) is -2.97. The number of carbonyl (C=O) groups excluding carboxylic acids is 1. The zero-order valence-corrected chi connectivity index (χ0v) is 8.20. The van der Waals surface area contributed by atoms with Crippen LogP contribution in [0.5, 0.6) is 0 Å². The first-order chi connectivity index (χ1) is 6.08. The maximum Gasteiger partial charge on any atom is 0.452 e. The van der Waals surface area contributed by atoms with Crippen LogP contribution in [-0.4, -0.2) is 29.9 Å². The molecule has 0 radical (unpaired) electrons. The summed E-state index contributed by atoms with van der Waals surface area (Å²) in [6.45, 7) is 5.43. The number of hydrogen-bond acceptors (Lipinski definition) is 5. The van der Waals surface area contributed by atoms with E-state index < -0.39 is 19.8 Å². The molecule has 1 atom stereocenters. The summed E-state index contributed by atoms with van der Waals surface area (Å²) in [5.41, 5.74) is 0. The Balaban J connectivity index is 2.50. The number of esters is 1. The molecule has 6 heteroatoms. The van der Waals surface area contributed by atoms with Crippen molar-refractivity contribution in [2.75, 3.05) is 13.2 Å². The molecule has 0 aromatic heterocycles. The highest BCUT2D eigenvalue weighted by Crippen LogP contribution is 2.64. The zero-order valence-electron chi connectivity index (χ0n) is 7.30. The Morgan fingerprint density at radius 3 is 2.69 bits per heavy atom.